The van der Waals surface area contributed by atoms with Crippen LogP contribution in [0.1, 0.15) is 20.3 Å². The number of benzene rings is 1. The Morgan fingerprint density at radius 2 is 1.82 bits per heavy atom. The van der Waals surface area contributed by atoms with Crippen molar-refractivity contribution in [3.63, 3.8) is 0 Å². The molecule has 96 valence electrons. The number of rotatable bonds is 6. The highest BCUT2D eigenvalue weighted by Gasteiger charge is 2.20. The molecule has 0 aliphatic rings. The summed E-state index contributed by atoms with van der Waals surface area (Å²) in [7, 11) is -3.76. The predicted octanol–water partition coefficient (Wildman–Crippen LogP) is 2.93. The molecule has 0 heterocycles. The topological polar surface area (TPSA) is 52.6 Å². The Morgan fingerprint density at radius 3 is 2.29 bits per heavy atom. The molecule has 0 saturated carbocycles. The molecule has 0 aliphatic heterocycles. The van der Waals surface area contributed by atoms with Gasteiger partial charge in [0.2, 0.25) is 0 Å². The van der Waals surface area contributed by atoms with Crippen LogP contribution >= 0.6 is 15.9 Å². The maximum absolute atomic E-state index is 11.9. The lowest BCUT2D eigenvalue weighted by Gasteiger charge is -2.15. The Kier molecular flexibility index (Phi) is 5.58. The molecule has 0 aliphatic carbocycles. The van der Waals surface area contributed by atoms with Crippen molar-refractivity contribution in [3.8, 4) is 0 Å². The number of ether oxygens (including phenoxy) is 1. The van der Waals surface area contributed by atoms with Crippen molar-refractivity contribution in [2.45, 2.75) is 31.5 Å². The fourth-order valence-electron chi connectivity index (χ4n) is 1.20. The molecular formula is C11H15BrO4S. The fraction of sp³-hybridized carbons (Fsp3) is 0.455. The zero-order chi connectivity index (χ0) is 12.9. The van der Waals surface area contributed by atoms with Gasteiger partial charge in [-0.05, 0) is 37.6 Å². The monoisotopic (exact) mass is 322 g/mol. The van der Waals surface area contributed by atoms with Crippen molar-refractivity contribution in [3.05, 3.63) is 28.7 Å². The predicted molar refractivity (Wildman–Crippen MR) is 68.1 cm³/mol. The first-order chi connectivity index (χ1) is 7.99. The fourth-order valence-corrected chi connectivity index (χ4v) is 2.52. The molecule has 17 heavy (non-hydrogen) atoms. The molecule has 0 saturated heterocycles. The van der Waals surface area contributed by atoms with E-state index in [0.717, 1.165) is 4.47 Å². The molecular weight excluding hydrogens is 308 g/mol. The molecule has 1 atom stereocenters. The van der Waals surface area contributed by atoms with Gasteiger partial charge < -0.3 is 4.74 Å². The van der Waals surface area contributed by atoms with Crippen LogP contribution < -0.4 is 0 Å². The van der Waals surface area contributed by atoms with Crippen molar-refractivity contribution >= 4 is 26.0 Å². The third-order valence-electron chi connectivity index (χ3n) is 2.02. The van der Waals surface area contributed by atoms with Gasteiger partial charge in [-0.15, -0.1) is 0 Å². The zero-order valence-electron chi connectivity index (χ0n) is 9.72. The highest BCUT2D eigenvalue weighted by atomic mass is 79.9. The molecule has 0 aromatic heterocycles. The third kappa shape index (κ3) is 4.39. The number of halogens is 1. The molecule has 0 spiro atoms. The Balaban J connectivity index is 2.84. The van der Waals surface area contributed by atoms with E-state index < -0.39 is 16.4 Å². The van der Waals surface area contributed by atoms with Crippen molar-refractivity contribution in [1.29, 1.82) is 0 Å². The van der Waals surface area contributed by atoms with Crippen molar-refractivity contribution < 1.29 is 17.3 Å². The van der Waals surface area contributed by atoms with Crippen LogP contribution in [-0.4, -0.2) is 21.3 Å². The first-order valence-electron chi connectivity index (χ1n) is 5.30. The van der Waals surface area contributed by atoms with Crippen LogP contribution in [0.3, 0.4) is 0 Å². The van der Waals surface area contributed by atoms with Gasteiger partial charge in [0.15, 0.2) is 6.29 Å². The van der Waals surface area contributed by atoms with Crippen LogP contribution in [0.4, 0.5) is 0 Å². The minimum atomic E-state index is -3.76. The molecule has 6 heteroatoms. The summed E-state index contributed by atoms with van der Waals surface area (Å²) in [6.45, 7) is 4.00. The molecule has 0 N–H and O–H groups in total. The summed E-state index contributed by atoms with van der Waals surface area (Å²) in [5, 5.41) is 0. The second-order valence-electron chi connectivity index (χ2n) is 3.30. The van der Waals surface area contributed by atoms with Gasteiger partial charge in [0.1, 0.15) is 0 Å². The van der Waals surface area contributed by atoms with Gasteiger partial charge in [-0.3, -0.25) is 0 Å². The minimum absolute atomic E-state index is 0.124. The van der Waals surface area contributed by atoms with Crippen molar-refractivity contribution in [2.75, 3.05) is 6.61 Å². The second-order valence-corrected chi connectivity index (χ2v) is 5.79. The average Bonchev–Trinajstić information content (AvgIpc) is 2.28. The normalized spacial score (nSPS) is 13.6. The Labute approximate surface area is 110 Å². The lowest BCUT2D eigenvalue weighted by molar-refractivity contribution is -0.0726. The van der Waals surface area contributed by atoms with E-state index in [-0.39, 0.29) is 4.90 Å². The summed E-state index contributed by atoms with van der Waals surface area (Å²) in [5.74, 6) is 0. The molecule has 1 aromatic rings. The Bertz CT molecular complexity index is 441. The summed E-state index contributed by atoms with van der Waals surface area (Å²) in [6, 6.07) is 6.27. The van der Waals surface area contributed by atoms with Gasteiger partial charge in [-0.25, -0.2) is 4.18 Å². The van der Waals surface area contributed by atoms with Crippen LogP contribution in [-0.2, 0) is 19.0 Å². The maximum atomic E-state index is 11.9. The van der Waals surface area contributed by atoms with Crippen LogP contribution in [0, 0.1) is 0 Å². The molecule has 4 nitrogen and oxygen atoms in total. The standard InChI is InChI=1S/C11H15BrO4S/c1-3-11(15-4-2)16-17(13,14)10-7-5-9(12)6-8-10/h5-8,11H,3-4H2,1-2H3/t11-/m1/s1. The first-order valence-corrected chi connectivity index (χ1v) is 7.50. The Morgan fingerprint density at radius 1 is 1.24 bits per heavy atom. The Hall–Kier alpha value is -0.430. The van der Waals surface area contributed by atoms with Gasteiger partial charge in [0, 0.05) is 11.1 Å². The highest BCUT2D eigenvalue weighted by molar-refractivity contribution is 9.10. The molecule has 0 bridgehead atoms. The van der Waals surface area contributed by atoms with E-state index in [1.807, 2.05) is 0 Å². The SMILES string of the molecule is CCO[C@@H](CC)OS(=O)(=O)c1ccc(Br)cc1. The van der Waals surface area contributed by atoms with E-state index in [9.17, 15) is 8.42 Å². The lowest BCUT2D eigenvalue weighted by atomic mass is 10.4. The summed E-state index contributed by atoms with van der Waals surface area (Å²) >= 11 is 3.24. The van der Waals surface area contributed by atoms with Crippen LogP contribution in [0.5, 0.6) is 0 Å². The summed E-state index contributed by atoms with van der Waals surface area (Å²) in [5.41, 5.74) is 0. The molecule has 0 fully saturated rings. The summed E-state index contributed by atoms with van der Waals surface area (Å²) < 4.78 is 34.7. The summed E-state index contributed by atoms with van der Waals surface area (Å²) in [4.78, 5) is 0.124. The molecule has 0 amide bonds. The van der Waals surface area contributed by atoms with Gasteiger partial charge in [-0.2, -0.15) is 8.42 Å². The van der Waals surface area contributed by atoms with E-state index in [0.29, 0.717) is 13.0 Å². The average molecular weight is 323 g/mol. The van der Waals surface area contributed by atoms with E-state index in [1.54, 1.807) is 26.0 Å². The first kappa shape index (κ1) is 14.6. The lowest BCUT2D eigenvalue weighted by Crippen LogP contribution is -2.21. The van der Waals surface area contributed by atoms with Crippen LogP contribution in [0.2, 0.25) is 0 Å². The quantitative estimate of drug-likeness (QED) is 0.597. The van der Waals surface area contributed by atoms with E-state index in [1.165, 1.54) is 12.1 Å². The second kappa shape index (κ2) is 6.49. The van der Waals surface area contributed by atoms with Gasteiger partial charge in [0.05, 0.1) is 4.90 Å². The van der Waals surface area contributed by atoms with Gasteiger partial charge in [0.25, 0.3) is 10.1 Å². The van der Waals surface area contributed by atoms with E-state index in [2.05, 4.69) is 15.9 Å². The van der Waals surface area contributed by atoms with Crippen LogP contribution in [0.15, 0.2) is 33.6 Å². The molecule has 1 rings (SSSR count). The van der Waals surface area contributed by atoms with Crippen LogP contribution in [0.25, 0.3) is 0 Å². The van der Waals surface area contributed by atoms with Gasteiger partial charge in [-0.1, -0.05) is 22.9 Å². The minimum Gasteiger partial charge on any atom is -0.352 e. The highest BCUT2D eigenvalue weighted by Crippen LogP contribution is 2.18. The van der Waals surface area contributed by atoms with Gasteiger partial charge >= 0.3 is 0 Å². The number of hydrogen-bond donors (Lipinski definition) is 0. The number of hydrogen-bond acceptors (Lipinski definition) is 4. The van der Waals surface area contributed by atoms with E-state index >= 15 is 0 Å². The molecule has 0 unspecified atom stereocenters. The van der Waals surface area contributed by atoms with E-state index in [4.69, 9.17) is 8.92 Å². The molecule has 0 radical (unpaired) electrons. The summed E-state index contributed by atoms with van der Waals surface area (Å²) in [6.07, 6.45) is -0.252. The zero-order valence-corrected chi connectivity index (χ0v) is 12.1. The smallest absolute Gasteiger partial charge is 0.299 e. The largest absolute Gasteiger partial charge is 0.352 e. The maximum Gasteiger partial charge on any atom is 0.299 e. The third-order valence-corrected chi connectivity index (χ3v) is 3.87. The molecule has 1 aromatic carbocycles. The van der Waals surface area contributed by atoms with Crippen molar-refractivity contribution in [2.24, 2.45) is 0 Å². The van der Waals surface area contributed by atoms with Crippen molar-refractivity contribution in [1.82, 2.24) is 0 Å².